The third-order valence-corrected chi connectivity index (χ3v) is 2.54. The van der Waals surface area contributed by atoms with E-state index in [-0.39, 0.29) is 5.69 Å². The van der Waals surface area contributed by atoms with Crippen LogP contribution in [0.25, 0.3) is 5.69 Å². The van der Waals surface area contributed by atoms with Gasteiger partial charge >= 0.3 is 5.97 Å². The van der Waals surface area contributed by atoms with Crippen LogP contribution in [0.4, 0.5) is 8.78 Å². The number of nitrogens with zero attached hydrogens (tertiary/aromatic N) is 2. The first-order valence-corrected chi connectivity index (χ1v) is 5.29. The summed E-state index contributed by atoms with van der Waals surface area (Å²) in [5.74, 6) is -2.74. The van der Waals surface area contributed by atoms with E-state index >= 15 is 0 Å². The molecular weight excluding hydrogens is 242 g/mol. The van der Waals surface area contributed by atoms with E-state index in [0.717, 1.165) is 12.1 Å². The molecule has 1 N–H and O–H groups in total. The van der Waals surface area contributed by atoms with Gasteiger partial charge in [0.05, 0.1) is 5.56 Å². The van der Waals surface area contributed by atoms with Crippen molar-refractivity contribution in [1.29, 1.82) is 0 Å². The molecule has 18 heavy (non-hydrogen) atoms. The molecule has 1 aromatic carbocycles. The van der Waals surface area contributed by atoms with Gasteiger partial charge in [-0.05, 0) is 12.1 Å². The van der Waals surface area contributed by atoms with Gasteiger partial charge in [0.1, 0.15) is 11.5 Å². The minimum atomic E-state index is -1.37. The SMILES string of the molecule is CCc1nccn1-c1c(F)cc(C(=O)O)cc1F. The smallest absolute Gasteiger partial charge is 0.335 e. The summed E-state index contributed by atoms with van der Waals surface area (Å²) in [6.45, 7) is 1.81. The van der Waals surface area contributed by atoms with Gasteiger partial charge in [0.15, 0.2) is 11.6 Å². The molecule has 4 nitrogen and oxygen atoms in total. The number of benzene rings is 1. The van der Waals surface area contributed by atoms with Crippen LogP contribution in [0.5, 0.6) is 0 Å². The highest BCUT2D eigenvalue weighted by molar-refractivity contribution is 5.87. The number of aryl methyl sites for hydroxylation is 1. The molecule has 1 heterocycles. The van der Waals surface area contributed by atoms with Crippen LogP contribution < -0.4 is 0 Å². The Balaban J connectivity index is 2.62. The molecule has 0 aliphatic rings. The van der Waals surface area contributed by atoms with Crippen molar-refractivity contribution in [1.82, 2.24) is 9.55 Å². The molecule has 0 atom stereocenters. The molecule has 0 radical (unpaired) electrons. The van der Waals surface area contributed by atoms with E-state index < -0.39 is 23.2 Å². The average Bonchev–Trinajstić information content (AvgIpc) is 2.76. The topological polar surface area (TPSA) is 55.1 Å². The zero-order valence-corrected chi connectivity index (χ0v) is 9.52. The highest BCUT2D eigenvalue weighted by atomic mass is 19.1. The Morgan fingerprint density at radius 1 is 1.39 bits per heavy atom. The second kappa shape index (κ2) is 4.56. The molecule has 0 aliphatic carbocycles. The van der Waals surface area contributed by atoms with Gasteiger partial charge in [-0.1, -0.05) is 6.92 Å². The van der Waals surface area contributed by atoms with Crippen molar-refractivity contribution >= 4 is 5.97 Å². The second-order valence-electron chi connectivity index (χ2n) is 3.66. The number of imidazole rings is 1. The quantitative estimate of drug-likeness (QED) is 0.912. The summed E-state index contributed by atoms with van der Waals surface area (Å²) in [6, 6.07) is 1.58. The van der Waals surface area contributed by atoms with Crippen LogP contribution in [0, 0.1) is 11.6 Å². The number of rotatable bonds is 3. The monoisotopic (exact) mass is 252 g/mol. The predicted molar refractivity (Wildman–Crippen MR) is 59.8 cm³/mol. The lowest BCUT2D eigenvalue weighted by Gasteiger charge is -2.09. The average molecular weight is 252 g/mol. The standard InChI is InChI=1S/C12H10F2N2O2/c1-2-10-15-3-4-16(10)11-8(13)5-7(12(17)18)6-9(11)14/h3-6H,2H2,1H3,(H,17,18). The Morgan fingerprint density at radius 2 is 2.00 bits per heavy atom. The van der Waals surface area contributed by atoms with Gasteiger partial charge < -0.3 is 5.11 Å². The first-order chi connectivity index (χ1) is 8.54. The number of aromatic carboxylic acids is 1. The number of hydrogen-bond donors (Lipinski definition) is 1. The zero-order chi connectivity index (χ0) is 13.3. The molecular formula is C12H10F2N2O2. The number of carboxylic acid groups (broad SMARTS) is 1. The summed E-state index contributed by atoms with van der Waals surface area (Å²) in [4.78, 5) is 14.6. The van der Waals surface area contributed by atoms with Crippen molar-refractivity contribution in [3.05, 3.63) is 47.5 Å². The van der Waals surface area contributed by atoms with E-state index in [9.17, 15) is 13.6 Å². The minimum Gasteiger partial charge on any atom is -0.478 e. The molecule has 94 valence electrons. The molecule has 0 unspecified atom stereocenters. The van der Waals surface area contributed by atoms with Crippen molar-refractivity contribution < 1.29 is 18.7 Å². The van der Waals surface area contributed by atoms with Crippen LogP contribution in [0.3, 0.4) is 0 Å². The fraction of sp³-hybridized carbons (Fsp3) is 0.167. The normalized spacial score (nSPS) is 10.6. The largest absolute Gasteiger partial charge is 0.478 e. The van der Waals surface area contributed by atoms with Crippen LogP contribution in [0.2, 0.25) is 0 Å². The molecule has 0 amide bonds. The molecule has 0 spiro atoms. The lowest BCUT2D eigenvalue weighted by Crippen LogP contribution is -2.07. The number of carbonyl (C=O) groups is 1. The lowest BCUT2D eigenvalue weighted by molar-refractivity contribution is 0.0695. The van der Waals surface area contributed by atoms with Crippen LogP contribution in [0.1, 0.15) is 23.1 Å². The fourth-order valence-electron chi connectivity index (χ4n) is 1.72. The van der Waals surface area contributed by atoms with Gasteiger partial charge in [-0.3, -0.25) is 4.57 Å². The van der Waals surface area contributed by atoms with Gasteiger partial charge in [0, 0.05) is 18.8 Å². The predicted octanol–water partition coefficient (Wildman–Crippen LogP) is 2.41. The Hall–Kier alpha value is -2.24. The lowest BCUT2D eigenvalue weighted by atomic mass is 10.2. The van der Waals surface area contributed by atoms with Gasteiger partial charge in [0.2, 0.25) is 0 Å². The number of carboxylic acids is 1. The van der Waals surface area contributed by atoms with E-state index in [2.05, 4.69) is 4.98 Å². The van der Waals surface area contributed by atoms with Crippen molar-refractivity contribution in [2.24, 2.45) is 0 Å². The molecule has 1 aromatic heterocycles. The Morgan fingerprint density at radius 3 is 2.50 bits per heavy atom. The second-order valence-corrected chi connectivity index (χ2v) is 3.66. The van der Waals surface area contributed by atoms with Gasteiger partial charge in [-0.15, -0.1) is 0 Å². The zero-order valence-electron chi connectivity index (χ0n) is 9.52. The summed E-state index contributed by atoms with van der Waals surface area (Å²) in [5.41, 5.74) is -0.735. The Kier molecular flexibility index (Phi) is 3.10. The van der Waals surface area contributed by atoms with Crippen LogP contribution >= 0.6 is 0 Å². The van der Waals surface area contributed by atoms with E-state index in [0.29, 0.717) is 12.2 Å². The summed E-state index contributed by atoms with van der Waals surface area (Å²) >= 11 is 0. The van der Waals surface area contributed by atoms with Crippen LogP contribution in [0.15, 0.2) is 24.5 Å². The van der Waals surface area contributed by atoms with Crippen LogP contribution in [-0.2, 0) is 6.42 Å². The van der Waals surface area contributed by atoms with E-state index in [1.165, 1.54) is 17.0 Å². The van der Waals surface area contributed by atoms with Gasteiger partial charge in [0.25, 0.3) is 0 Å². The molecule has 2 aromatic rings. The fourth-order valence-corrected chi connectivity index (χ4v) is 1.72. The van der Waals surface area contributed by atoms with Crippen molar-refractivity contribution in [2.75, 3.05) is 0 Å². The van der Waals surface area contributed by atoms with Crippen molar-refractivity contribution in [3.8, 4) is 5.69 Å². The molecule has 0 saturated heterocycles. The number of halogens is 2. The van der Waals surface area contributed by atoms with Crippen LogP contribution in [-0.4, -0.2) is 20.6 Å². The maximum Gasteiger partial charge on any atom is 0.335 e. The van der Waals surface area contributed by atoms with E-state index in [1.54, 1.807) is 6.92 Å². The molecule has 6 heteroatoms. The molecule has 0 aliphatic heterocycles. The number of hydrogen-bond acceptors (Lipinski definition) is 2. The molecule has 2 rings (SSSR count). The highest BCUT2D eigenvalue weighted by Gasteiger charge is 2.17. The third kappa shape index (κ3) is 1.97. The summed E-state index contributed by atoms with van der Waals surface area (Å²) in [5, 5.41) is 8.70. The highest BCUT2D eigenvalue weighted by Crippen LogP contribution is 2.21. The summed E-state index contributed by atoms with van der Waals surface area (Å²) < 4.78 is 28.9. The molecule has 0 bridgehead atoms. The first-order valence-electron chi connectivity index (χ1n) is 5.29. The Labute approximate surface area is 102 Å². The van der Waals surface area contributed by atoms with Gasteiger partial charge in [-0.25, -0.2) is 18.6 Å². The van der Waals surface area contributed by atoms with Crippen molar-refractivity contribution in [3.63, 3.8) is 0 Å². The maximum atomic E-state index is 13.8. The van der Waals surface area contributed by atoms with E-state index in [1.807, 2.05) is 0 Å². The molecule has 0 saturated carbocycles. The maximum absolute atomic E-state index is 13.8. The summed E-state index contributed by atoms with van der Waals surface area (Å²) in [7, 11) is 0. The van der Waals surface area contributed by atoms with Crippen molar-refractivity contribution in [2.45, 2.75) is 13.3 Å². The van der Waals surface area contributed by atoms with Gasteiger partial charge in [-0.2, -0.15) is 0 Å². The number of aromatic nitrogens is 2. The summed E-state index contributed by atoms with van der Waals surface area (Å²) in [6.07, 6.45) is 3.37. The first kappa shape index (κ1) is 12.2. The Bertz CT molecular complexity index is 585. The minimum absolute atomic E-state index is 0.311. The third-order valence-electron chi connectivity index (χ3n) is 2.54. The molecule has 0 fully saturated rings. The van der Waals surface area contributed by atoms with E-state index in [4.69, 9.17) is 5.11 Å².